The second kappa shape index (κ2) is 3.08. The summed E-state index contributed by atoms with van der Waals surface area (Å²) in [6.45, 7) is 0. The molecule has 0 bridgehead atoms. The molecule has 3 nitrogen and oxygen atoms in total. The number of halogens is 1. The molecule has 0 saturated carbocycles. The number of imidazole rings is 1. The third-order valence-corrected chi connectivity index (χ3v) is 2.22. The van der Waals surface area contributed by atoms with Crippen LogP contribution in [0.15, 0.2) is 18.5 Å². The predicted molar refractivity (Wildman–Crippen MR) is 50.4 cm³/mol. The summed E-state index contributed by atoms with van der Waals surface area (Å²) in [5.74, 6) is 0.410. The minimum absolute atomic E-state index is 0.410. The van der Waals surface area contributed by atoms with E-state index in [1.807, 2.05) is 6.07 Å². The van der Waals surface area contributed by atoms with E-state index in [4.69, 9.17) is 16.9 Å². The Labute approximate surface area is 80.0 Å². The van der Waals surface area contributed by atoms with E-state index in [-0.39, 0.29) is 0 Å². The Hall–Kier alpha value is -1.53. The number of hydrogen-bond acceptors (Lipinski definition) is 2. The van der Waals surface area contributed by atoms with Gasteiger partial charge in [-0.3, -0.25) is 0 Å². The molecule has 1 aromatic heterocycles. The first-order chi connectivity index (χ1) is 6.36. The Morgan fingerprint density at radius 3 is 3.08 bits per heavy atom. The Morgan fingerprint density at radius 2 is 2.38 bits per heavy atom. The summed E-state index contributed by atoms with van der Waals surface area (Å²) in [4.78, 5) is 7.03. The maximum atomic E-state index is 8.79. The Kier molecular flexibility index (Phi) is 1.91. The zero-order valence-electron chi connectivity index (χ0n) is 6.71. The van der Waals surface area contributed by atoms with Crippen molar-refractivity contribution in [3.63, 3.8) is 0 Å². The summed E-state index contributed by atoms with van der Waals surface area (Å²) >= 11 is 5.72. The van der Waals surface area contributed by atoms with Crippen molar-refractivity contribution in [3.8, 4) is 6.07 Å². The molecular weight excluding hydrogens is 186 g/mol. The van der Waals surface area contributed by atoms with Gasteiger partial charge in [-0.15, -0.1) is 11.6 Å². The lowest BCUT2D eigenvalue weighted by Gasteiger charge is -1.97. The number of hydrogen-bond donors (Lipinski definition) is 1. The molecule has 0 aliphatic rings. The number of aromatic amines is 1. The maximum Gasteiger partial charge on any atom is 0.101 e. The molecule has 0 fully saturated rings. The van der Waals surface area contributed by atoms with Gasteiger partial charge in [0.05, 0.1) is 22.9 Å². The van der Waals surface area contributed by atoms with Crippen molar-refractivity contribution in [2.24, 2.45) is 0 Å². The molecule has 0 aliphatic carbocycles. The first kappa shape index (κ1) is 8.09. The lowest BCUT2D eigenvalue weighted by Crippen LogP contribution is -1.84. The van der Waals surface area contributed by atoms with Crippen molar-refractivity contribution in [2.45, 2.75) is 5.88 Å². The van der Waals surface area contributed by atoms with E-state index in [1.165, 1.54) is 0 Å². The van der Waals surface area contributed by atoms with Gasteiger partial charge in [0.2, 0.25) is 0 Å². The number of alkyl halides is 1. The van der Waals surface area contributed by atoms with Gasteiger partial charge in [0.25, 0.3) is 0 Å². The molecule has 0 aliphatic heterocycles. The average Bonchev–Trinajstić information content (AvgIpc) is 2.64. The highest BCUT2D eigenvalue weighted by Crippen LogP contribution is 2.19. The van der Waals surface area contributed by atoms with Crippen LogP contribution in [-0.4, -0.2) is 9.97 Å². The Morgan fingerprint density at radius 1 is 1.54 bits per heavy atom. The van der Waals surface area contributed by atoms with E-state index in [1.54, 1.807) is 12.4 Å². The second-order valence-electron chi connectivity index (χ2n) is 2.64. The van der Waals surface area contributed by atoms with Gasteiger partial charge in [0.1, 0.15) is 6.07 Å². The lowest BCUT2D eigenvalue weighted by molar-refractivity contribution is 1.33. The summed E-state index contributed by atoms with van der Waals surface area (Å²) in [5.41, 5.74) is 3.09. The van der Waals surface area contributed by atoms with Crippen molar-refractivity contribution >= 4 is 22.6 Å². The van der Waals surface area contributed by atoms with E-state index in [0.29, 0.717) is 11.4 Å². The van der Waals surface area contributed by atoms with Gasteiger partial charge >= 0.3 is 0 Å². The molecule has 1 aromatic carbocycles. The minimum atomic E-state index is 0.410. The fourth-order valence-electron chi connectivity index (χ4n) is 1.29. The largest absolute Gasteiger partial charge is 0.344 e. The first-order valence-electron chi connectivity index (χ1n) is 3.78. The third kappa shape index (κ3) is 1.16. The second-order valence-corrected chi connectivity index (χ2v) is 2.91. The zero-order valence-corrected chi connectivity index (χ0v) is 7.47. The van der Waals surface area contributed by atoms with Crippen molar-refractivity contribution in [1.82, 2.24) is 9.97 Å². The van der Waals surface area contributed by atoms with Crippen LogP contribution in [0.5, 0.6) is 0 Å². The van der Waals surface area contributed by atoms with E-state index >= 15 is 0 Å². The van der Waals surface area contributed by atoms with Gasteiger partial charge in [0.15, 0.2) is 0 Å². The van der Waals surface area contributed by atoms with E-state index in [0.717, 1.165) is 16.6 Å². The molecule has 2 rings (SSSR count). The van der Waals surface area contributed by atoms with Gasteiger partial charge in [-0.05, 0) is 11.6 Å². The standard InChI is InChI=1S/C9H6ClN3/c10-3-6-1-2-7(4-11)9-8(6)12-5-13-9/h1-2,5H,3H2,(H,12,13). The topological polar surface area (TPSA) is 52.5 Å². The molecular formula is C9H6ClN3. The molecule has 0 spiro atoms. The molecule has 1 N–H and O–H groups in total. The Balaban J connectivity index is 2.83. The summed E-state index contributed by atoms with van der Waals surface area (Å²) in [6.07, 6.45) is 1.57. The van der Waals surface area contributed by atoms with E-state index in [2.05, 4.69) is 16.0 Å². The minimum Gasteiger partial charge on any atom is -0.344 e. The molecule has 0 radical (unpaired) electrons. The quantitative estimate of drug-likeness (QED) is 0.703. The van der Waals surface area contributed by atoms with Gasteiger partial charge in [-0.25, -0.2) is 4.98 Å². The zero-order chi connectivity index (χ0) is 9.26. The van der Waals surface area contributed by atoms with Crippen molar-refractivity contribution in [2.75, 3.05) is 0 Å². The van der Waals surface area contributed by atoms with Crippen LogP contribution < -0.4 is 0 Å². The van der Waals surface area contributed by atoms with Crippen LogP contribution in [-0.2, 0) is 5.88 Å². The smallest absolute Gasteiger partial charge is 0.101 e. The van der Waals surface area contributed by atoms with Crippen molar-refractivity contribution in [1.29, 1.82) is 5.26 Å². The monoisotopic (exact) mass is 191 g/mol. The fraction of sp³-hybridized carbons (Fsp3) is 0.111. The fourth-order valence-corrected chi connectivity index (χ4v) is 1.51. The number of nitrogens with one attached hydrogen (secondary N) is 1. The molecule has 4 heteroatoms. The number of aromatic nitrogens is 2. The average molecular weight is 192 g/mol. The number of fused-ring (bicyclic) bond motifs is 1. The van der Waals surface area contributed by atoms with Crippen LogP contribution in [0.25, 0.3) is 11.0 Å². The van der Waals surface area contributed by atoms with Gasteiger partial charge in [-0.1, -0.05) is 6.07 Å². The van der Waals surface area contributed by atoms with Crippen LogP contribution in [0.4, 0.5) is 0 Å². The van der Waals surface area contributed by atoms with Crippen molar-refractivity contribution in [3.05, 3.63) is 29.6 Å². The predicted octanol–water partition coefficient (Wildman–Crippen LogP) is 2.17. The molecule has 0 atom stereocenters. The highest BCUT2D eigenvalue weighted by Gasteiger charge is 2.06. The van der Waals surface area contributed by atoms with E-state index < -0.39 is 0 Å². The number of nitriles is 1. The van der Waals surface area contributed by atoms with Crippen LogP contribution in [0.2, 0.25) is 0 Å². The molecule has 2 aromatic rings. The van der Waals surface area contributed by atoms with Crippen LogP contribution in [0.3, 0.4) is 0 Å². The number of benzene rings is 1. The lowest BCUT2D eigenvalue weighted by atomic mass is 10.1. The summed E-state index contributed by atoms with van der Waals surface area (Å²) in [6, 6.07) is 5.67. The molecule has 64 valence electrons. The van der Waals surface area contributed by atoms with E-state index in [9.17, 15) is 0 Å². The van der Waals surface area contributed by atoms with Crippen LogP contribution >= 0.6 is 11.6 Å². The van der Waals surface area contributed by atoms with Crippen molar-refractivity contribution < 1.29 is 0 Å². The highest BCUT2D eigenvalue weighted by molar-refractivity contribution is 6.17. The van der Waals surface area contributed by atoms with Crippen LogP contribution in [0.1, 0.15) is 11.1 Å². The summed E-state index contributed by atoms with van der Waals surface area (Å²) in [7, 11) is 0. The van der Waals surface area contributed by atoms with Gasteiger partial charge in [0, 0.05) is 5.88 Å². The third-order valence-electron chi connectivity index (χ3n) is 1.93. The number of nitrogens with zero attached hydrogens (tertiary/aromatic N) is 2. The Bertz CT molecular complexity index is 481. The van der Waals surface area contributed by atoms with Gasteiger partial charge < -0.3 is 4.98 Å². The first-order valence-corrected chi connectivity index (χ1v) is 4.31. The normalized spacial score (nSPS) is 10.2. The molecule has 0 amide bonds. The molecule has 0 unspecified atom stereocenters. The summed E-state index contributed by atoms with van der Waals surface area (Å²) < 4.78 is 0. The van der Waals surface area contributed by atoms with Gasteiger partial charge in [-0.2, -0.15) is 5.26 Å². The molecule has 13 heavy (non-hydrogen) atoms. The SMILES string of the molecule is N#Cc1ccc(CCl)c2nc[nH]c12. The maximum absolute atomic E-state index is 8.79. The highest BCUT2D eigenvalue weighted by atomic mass is 35.5. The van der Waals surface area contributed by atoms with Crippen LogP contribution in [0, 0.1) is 11.3 Å². The number of rotatable bonds is 1. The molecule has 1 heterocycles. The number of H-pyrrole nitrogens is 1. The summed E-state index contributed by atoms with van der Waals surface area (Å²) in [5, 5.41) is 8.79. The molecule has 0 saturated heterocycles.